The highest BCUT2D eigenvalue weighted by molar-refractivity contribution is 7.12. The molecule has 1 atom stereocenters. The topological polar surface area (TPSA) is 76.7 Å². The zero-order valence-corrected chi connectivity index (χ0v) is 15.9. The Bertz CT molecular complexity index is 1010. The minimum absolute atomic E-state index is 0.0757. The molecule has 2 heterocycles. The Morgan fingerprint density at radius 2 is 1.75 bits per heavy atom. The molecule has 3 aromatic rings. The van der Waals surface area contributed by atoms with Gasteiger partial charge in [0.25, 0.3) is 11.8 Å². The van der Waals surface area contributed by atoms with E-state index >= 15 is 0 Å². The average Bonchev–Trinajstić information content (AvgIpc) is 3.22. The number of hydrazine groups is 1. The van der Waals surface area contributed by atoms with Crippen LogP contribution in [-0.4, -0.2) is 24.5 Å². The number of ether oxygens (including phenoxy) is 2. The van der Waals surface area contributed by atoms with Gasteiger partial charge < -0.3 is 9.47 Å². The van der Waals surface area contributed by atoms with Gasteiger partial charge in [0.2, 0.25) is 6.10 Å². The van der Waals surface area contributed by atoms with Crippen LogP contribution in [0, 0.1) is 6.92 Å². The molecule has 0 aliphatic carbocycles. The molecule has 0 bridgehead atoms. The third kappa shape index (κ3) is 3.70. The summed E-state index contributed by atoms with van der Waals surface area (Å²) in [7, 11) is 0. The number of nitrogens with one attached hydrogen (secondary N) is 2. The van der Waals surface area contributed by atoms with E-state index in [0.717, 1.165) is 16.7 Å². The lowest BCUT2D eigenvalue weighted by molar-refractivity contribution is -0.131. The third-order valence-corrected chi connectivity index (χ3v) is 5.25. The van der Waals surface area contributed by atoms with Crippen molar-refractivity contribution in [3.8, 4) is 22.6 Å². The Balaban J connectivity index is 1.40. The first-order valence-corrected chi connectivity index (χ1v) is 9.63. The number of carbonyl (C=O) groups excluding carboxylic acids is 2. The maximum absolute atomic E-state index is 12.6. The van der Waals surface area contributed by atoms with Gasteiger partial charge in [0.15, 0.2) is 11.5 Å². The molecule has 2 N–H and O–H groups in total. The predicted molar refractivity (Wildman–Crippen MR) is 106 cm³/mol. The van der Waals surface area contributed by atoms with Crippen LogP contribution in [0.4, 0.5) is 0 Å². The number of rotatable bonds is 3. The number of aryl methyl sites for hydroxylation is 1. The Morgan fingerprint density at radius 1 is 1.00 bits per heavy atom. The number of fused-ring (bicyclic) bond motifs is 1. The van der Waals surface area contributed by atoms with E-state index in [1.807, 2.05) is 48.7 Å². The van der Waals surface area contributed by atoms with Gasteiger partial charge in [-0.05, 0) is 36.1 Å². The fraction of sp³-hybridized carbons (Fsp3) is 0.143. The first kappa shape index (κ1) is 18.1. The number of carbonyl (C=O) groups is 2. The van der Waals surface area contributed by atoms with E-state index in [0.29, 0.717) is 16.4 Å². The fourth-order valence-electron chi connectivity index (χ4n) is 2.85. The monoisotopic (exact) mass is 394 g/mol. The second kappa shape index (κ2) is 7.74. The summed E-state index contributed by atoms with van der Waals surface area (Å²) < 4.78 is 11.2. The van der Waals surface area contributed by atoms with E-state index < -0.39 is 12.0 Å². The van der Waals surface area contributed by atoms with E-state index in [1.165, 1.54) is 11.3 Å². The van der Waals surface area contributed by atoms with Crippen LogP contribution >= 0.6 is 11.3 Å². The lowest BCUT2D eigenvalue weighted by Gasteiger charge is -2.25. The zero-order chi connectivity index (χ0) is 19.5. The normalized spacial score (nSPS) is 15.0. The lowest BCUT2D eigenvalue weighted by atomic mass is 10.1. The van der Waals surface area contributed by atoms with E-state index in [-0.39, 0.29) is 12.5 Å². The first-order valence-electron chi connectivity index (χ1n) is 8.75. The second-order valence-corrected chi connectivity index (χ2v) is 7.25. The lowest BCUT2D eigenvalue weighted by Crippen LogP contribution is -2.50. The van der Waals surface area contributed by atoms with Crippen LogP contribution in [-0.2, 0) is 4.79 Å². The maximum atomic E-state index is 12.6. The summed E-state index contributed by atoms with van der Waals surface area (Å²) in [5, 5.41) is 1.85. The Labute approximate surface area is 166 Å². The highest BCUT2D eigenvalue weighted by atomic mass is 32.1. The van der Waals surface area contributed by atoms with Crippen molar-refractivity contribution < 1.29 is 19.1 Å². The summed E-state index contributed by atoms with van der Waals surface area (Å²) in [6.45, 7) is 2.09. The fourth-order valence-corrected chi connectivity index (χ4v) is 3.66. The van der Waals surface area contributed by atoms with Crippen molar-refractivity contribution in [2.24, 2.45) is 0 Å². The van der Waals surface area contributed by atoms with Crippen LogP contribution in [0.1, 0.15) is 15.2 Å². The quantitative estimate of drug-likeness (QED) is 0.668. The van der Waals surface area contributed by atoms with Crippen molar-refractivity contribution in [1.29, 1.82) is 0 Å². The molecule has 1 aliphatic rings. The SMILES string of the molecule is Cc1ccc(-c2ccsc2C(=O)NNC(=O)C2COc3ccccc3O2)cc1. The van der Waals surface area contributed by atoms with Crippen molar-refractivity contribution in [3.05, 3.63) is 70.4 Å². The molecule has 28 heavy (non-hydrogen) atoms. The van der Waals surface area contributed by atoms with E-state index in [1.54, 1.807) is 18.2 Å². The van der Waals surface area contributed by atoms with Crippen LogP contribution in [0.5, 0.6) is 11.5 Å². The van der Waals surface area contributed by atoms with Crippen molar-refractivity contribution in [1.82, 2.24) is 10.9 Å². The van der Waals surface area contributed by atoms with Gasteiger partial charge in [-0.15, -0.1) is 11.3 Å². The van der Waals surface area contributed by atoms with Crippen molar-refractivity contribution in [2.75, 3.05) is 6.61 Å². The number of hydrogen-bond acceptors (Lipinski definition) is 5. The molecule has 0 radical (unpaired) electrons. The average molecular weight is 394 g/mol. The second-order valence-electron chi connectivity index (χ2n) is 6.34. The summed E-state index contributed by atoms with van der Waals surface area (Å²) >= 11 is 1.32. The smallest absolute Gasteiger partial charge is 0.283 e. The Kier molecular flexibility index (Phi) is 4.99. The van der Waals surface area contributed by atoms with Crippen LogP contribution in [0.25, 0.3) is 11.1 Å². The molecule has 1 unspecified atom stereocenters. The van der Waals surface area contributed by atoms with Gasteiger partial charge in [-0.25, -0.2) is 0 Å². The number of para-hydroxylation sites is 2. The van der Waals surface area contributed by atoms with Gasteiger partial charge in [-0.3, -0.25) is 20.4 Å². The number of thiophene rings is 1. The summed E-state index contributed by atoms with van der Waals surface area (Å²) in [5.74, 6) is 0.240. The van der Waals surface area contributed by atoms with E-state index in [9.17, 15) is 9.59 Å². The van der Waals surface area contributed by atoms with Gasteiger partial charge in [-0.1, -0.05) is 42.0 Å². The molecule has 1 aromatic heterocycles. The minimum atomic E-state index is -0.838. The van der Waals surface area contributed by atoms with Crippen molar-refractivity contribution >= 4 is 23.2 Å². The van der Waals surface area contributed by atoms with Gasteiger partial charge >= 0.3 is 0 Å². The standard InChI is InChI=1S/C21H18N2O4S/c1-13-6-8-14(9-7-13)15-10-11-28-19(15)21(25)23-22-20(24)18-12-26-16-4-2-3-5-17(16)27-18/h2-11,18H,12H2,1H3,(H,22,24)(H,23,25). The summed E-state index contributed by atoms with van der Waals surface area (Å²) in [4.78, 5) is 25.4. The van der Waals surface area contributed by atoms with Crippen LogP contribution in [0.2, 0.25) is 0 Å². The molecule has 0 saturated heterocycles. The maximum Gasteiger partial charge on any atom is 0.283 e. The molecular formula is C21H18N2O4S. The molecule has 4 rings (SSSR count). The van der Waals surface area contributed by atoms with Crippen LogP contribution in [0.15, 0.2) is 60.0 Å². The molecule has 7 heteroatoms. The molecule has 2 amide bonds. The van der Waals surface area contributed by atoms with Crippen LogP contribution in [0.3, 0.4) is 0 Å². The Hall–Kier alpha value is -3.32. The molecule has 6 nitrogen and oxygen atoms in total. The van der Waals surface area contributed by atoms with Gasteiger partial charge in [0.1, 0.15) is 11.5 Å². The summed E-state index contributed by atoms with van der Waals surface area (Å²) in [6.07, 6.45) is -0.838. The molecule has 1 aliphatic heterocycles. The summed E-state index contributed by atoms with van der Waals surface area (Å²) in [5.41, 5.74) is 7.80. The third-order valence-electron chi connectivity index (χ3n) is 4.33. The molecular weight excluding hydrogens is 376 g/mol. The predicted octanol–water partition coefficient (Wildman–Crippen LogP) is 3.32. The number of hydrogen-bond donors (Lipinski definition) is 2. The van der Waals surface area contributed by atoms with E-state index in [2.05, 4.69) is 10.9 Å². The van der Waals surface area contributed by atoms with Gasteiger partial charge in [0.05, 0.1) is 0 Å². The molecule has 2 aromatic carbocycles. The zero-order valence-electron chi connectivity index (χ0n) is 15.1. The van der Waals surface area contributed by atoms with Crippen LogP contribution < -0.4 is 20.3 Å². The van der Waals surface area contributed by atoms with E-state index in [4.69, 9.17) is 9.47 Å². The van der Waals surface area contributed by atoms with Gasteiger partial charge in [-0.2, -0.15) is 0 Å². The highest BCUT2D eigenvalue weighted by Gasteiger charge is 2.28. The molecule has 0 spiro atoms. The molecule has 0 fully saturated rings. The number of benzene rings is 2. The van der Waals surface area contributed by atoms with Gasteiger partial charge in [0, 0.05) is 5.56 Å². The number of amides is 2. The van der Waals surface area contributed by atoms with Crippen molar-refractivity contribution in [3.63, 3.8) is 0 Å². The molecule has 0 saturated carbocycles. The summed E-state index contributed by atoms with van der Waals surface area (Å²) in [6, 6.07) is 16.9. The first-order chi connectivity index (χ1) is 13.6. The Morgan fingerprint density at radius 3 is 2.54 bits per heavy atom. The molecule has 142 valence electrons. The largest absolute Gasteiger partial charge is 0.485 e. The van der Waals surface area contributed by atoms with Crippen molar-refractivity contribution in [2.45, 2.75) is 13.0 Å². The minimum Gasteiger partial charge on any atom is -0.485 e. The highest BCUT2D eigenvalue weighted by Crippen LogP contribution is 2.31.